The van der Waals surface area contributed by atoms with E-state index in [0.29, 0.717) is 42.1 Å². The van der Waals surface area contributed by atoms with Crippen molar-refractivity contribution in [2.45, 2.75) is 6.61 Å². The lowest BCUT2D eigenvalue weighted by Crippen LogP contribution is -2.07. The van der Waals surface area contributed by atoms with Gasteiger partial charge < -0.3 is 4.74 Å². The molecule has 140 valence electrons. The maximum Gasteiger partial charge on any atom is 0.339 e. The number of rotatable bonds is 4. The molecule has 7 heteroatoms. The maximum atomic E-state index is 12.9. The molecule has 0 aliphatic heterocycles. The predicted octanol–water partition coefficient (Wildman–Crippen LogP) is 7.28. The van der Waals surface area contributed by atoms with Gasteiger partial charge >= 0.3 is 5.97 Å². The number of fused-ring (bicyclic) bond motifs is 1. The minimum atomic E-state index is -0.474. The van der Waals surface area contributed by atoms with E-state index in [-0.39, 0.29) is 6.61 Å². The number of hydrogen-bond donors (Lipinski definition) is 0. The van der Waals surface area contributed by atoms with Crippen LogP contribution >= 0.6 is 46.1 Å². The van der Waals surface area contributed by atoms with Crippen LogP contribution in [0.25, 0.3) is 21.5 Å². The summed E-state index contributed by atoms with van der Waals surface area (Å²) in [5, 5.41) is 1.62. The Labute approximate surface area is 180 Å². The van der Waals surface area contributed by atoms with Crippen LogP contribution in [0.5, 0.6) is 0 Å². The molecule has 4 aromatic rings. The van der Waals surface area contributed by atoms with Crippen molar-refractivity contribution in [2.75, 3.05) is 0 Å². The molecule has 0 saturated carbocycles. The number of pyridine rings is 1. The standard InChI is InChI=1S/C21H12Cl3NO2S/c22-15-5-3-6-16(23)14(15)11-27-21(26)13-10-18(19-8-9-20(24)28-19)25-17-7-2-1-4-12(13)17/h1-10H,11H2. The second kappa shape index (κ2) is 8.10. The molecule has 0 N–H and O–H groups in total. The molecule has 0 aliphatic carbocycles. The fraction of sp³-hybridized carbons (Fsp3) is 0.0476. The second-order valence-corrected chi connectivity index (χ2v) is 8.48. The lowest BCUT2D eigenvalue weighted by molar-refractivity contribution is 0.0475. The number of thiophene rings is 1. The van der Waals surface area contributed by atoms with Gasteiger partial charge in [-0.15, -0.1) is 11.3 Å². The minimum Gasteiger partial charge on any atom is -0.457 e. The average Bonchev–Trinajstić information content (AvgIpc) is 3.13. The summed E-state index contributed by atoms with van der Waals surface area (Å²) in [5.74, 6) is -0.474. The summed E-state index contributed by atoms with van der Waals surface area (Å²) in [4.78, 5) is 18.4. The summed E-state index contributed by atoms with van der Waals surface area (Å²) < 4.78 is 6.18. The van der Waals surface area contributed by atoms with Crippen molar-refractivity contribution in [3.63, 3.8) is 0 Å². The molecule has 0 atom stereocenters. The van der Waals surface area contributed by atoms with E-state index in [1.807, 2.05) is 30.3 Å². The van der Waals surface area contributed by atoms with Crippen LogP contribution in [0.4, 0.5) is 0 Å². The lowest BCUT2D eigenvalue weighted by atomic mass is 10.1. The number of halogens is 3. The van der Waals surface area contributed by atoms with E-state index in [1.165, 1.54) is 11.3 Å². The van der Waals surface area contributed by atoms with Gasteiger partial charge in [0.1, 0.15) is 6.61 Å². The van der Waals surface area contributed by atoms with Gasteiger partial charge in [-0.2, -0.15) is 0 Å². The van der Waals surface area contributed by atoms with Crippen molar-refractivity contribution >= 4 is 63.0 Å². The summed E-state index contributed by atoms with van der Waals surface area (Å²) in [6, 6.07) is 18.0. The number of aromatic nitrogens is 1. The fourth-order valence-corrected chi connectivity index (χ4v) is 4.32. The van der Waals surface area contributed by atoms with E-state index < -0.39 is 5.97 Å². The predicted molar refractivity (Wildman–Crippen MR) is 116 cm³/mol. The van der Waals surface area contributed by atoms with Gasteiger partial charge in [-0.05, 0) is 36.4 Å². The van der Waals surface area contributed by atoms with E-state index in [4.69, 9.17) is 39.5 Å². The lowest BCUT2D eigenvalue weighted by Gasteiger charge is -2.11. The van der Waals surface area contributed by atoms with E-state index in [9.17, 15) is 4.79 Å². The molecule has 2 heterocycles. The molecule has 0 amide bonds. The third-order valence-corrected chi connectivity index (χ3v) is 6.13. The van der Waals surface area contributed by atoms with Gasteiger partial charge in [0.15, 0.2) is 0 Å². The maximum absolute atomic E-state index is 12.9. The highest BCUT2D eigenvalue weighted by Crippen LogP contribution is 2.33. The largest absolute Gasteiger partial charge is 0.457 e. The van der Waals surface area contributed by atoms with E-state index in [1.54, 1.807) is 30.3 Å². The molecule has 0 saturated heterocycles. The molecule has 4 rings (SSSR count). The van der Waals surface area contributed by atoms with Gasteiger partial charge in [0.2, 0.25) is 0 Å². The SMILES string of the molecule is O=C(OCc1c(Cl)cccc1Cl)c1cc(-c2ccc(Cl)s2)nc2ccccc12. The number of ether oxygens (including phenoxy) is 1. The van der Waals surface area contributed by atoms with Crippen LogP contribution in [-0.4, -0.2) is 11.0 Å². The number of hydrogen-bond acceptors (Lipinski definition) is 4. The smallest absolute Gasteiger partial charge is 0.339 e. The quantitative estimate of drug-likeness (QED) is 0.308. The first kappa shape index (κ1) is 19.2. The average molecular weight is 449 g/mol. The Morgan fingerprint density at radius 3 is 2.43 bits per heavy atom. The molecule has 28 heavy (non-hydrogen) atoms. The summed E-state index contributed by atoms with van der Waals surface area (Å²) >= 11 is 19.8. The van der Waals surface area contributed by atoms with Crippen molar-refractivity contribution in [1.29, 1.82) is 0 Å². The van der Waals surface area contributed by atoms with Gasteiger partial charge in [0.25, 0.3) is 0 Å². The molecule has 3 nitrogen and oxygen atoms in total. The number of carbonyl (C=O) groups excluding carboxylic acids is 1. The minimum absolute atomic E-state index is 0.0197. The normalized spacial score (nSPS) is 11.0. The fourth-order valence-electron chi connectivity index (χ4n) is 2.81. The van der Waals surface area contributed by atoms with Crippen molar-refractivity contribution in [2.24, 2.45) is 0 Å². The van der Waals surface area contributed by atoms with Gasteiger partial charge in [0, 0.05) is 21.0 Å². The molecule has 0 aliphatic rings. The Morgan fingerprint density at radius 2 is 1.71 bits per heavy atom. The number of carbonyl (C=O) groups is 1. The highest BCUT2D eigenvalue weighted by atomic mass is 35.5. The number of para-hydroxylation sites is 1. The molecule has 0 bridgehead atoms. The topological polar surface area (TPSA) is 39.2 Å². The first-order chi connectivity index (χ1) is 13.5. The highest BCUT2D eigenvalue weighted by molar-refractivity contribution is 7.19. The molecule has 0 spiro atoms. The van der Waals surface area contributed by atoms with Crippen LogP contribution in [0, 0.1) is 0 Å². The van der Waals surface area contributed by atoms with E-state index in [2.05, 4.69) is 4.98 Å². The van der Waals surface area contributed by atoms with Crippen molar-refractivity contribution < 1.29 is 9.53 Å². The molecule has 0 fully saturated rings. The summed E-state index contributed by atoms with van der Waals surface area (Å²) in [7, 11) is 0. The zero-order valence-corrected chi connectivity index (χ0v) is 17.4. The summed E-state index contributed by atoms with van der Waals surface area (Å²) in [5.41, 5.74) is 2.36. The number of benzene rings is 2. The third kappa shape index (κ3) is 3.87. The van der Waals surface area contributed by atoms with Crippen LogP contribution < -0.4 is 0 Å². The summed E-state index contributed by atoms with van der Waals surface area (Å²) in [6.07, 6.45) is 0. The van der Waals surface area contributed by atoms with Crippen LogP contribution in [-0.2, 0) is 11.3 Å². The van der Waals surface area contributed by atoms with E-state index >= 15 is 0 Å². The van der Waals surface area contributed by atoms with Gasteiger partial charge in [-0.3, -0.25) is 0 Å². The summed E-state index contributed by atoms with van der Waals surface area (Å²) in [6.45, 7) is -0.0197. The highest BCUT2D eigenvalue weighted by Gasteiger charge is 2.17. The van der Waals surface area contributed by atoms with Gasteiger partial charge in [-0.25, -0.2) is 9.78 Å². The van der Waals surface area contributed by atoms with Gasteiger partial charge in [0.05, 0.1) is 26.0 Å². The molecular formula is C21H12Cl3NO2S. The molecule has 0 unspecified atom stereocenters. The van der Waals surface area contributed by atoms with Crippen LogP contribution in [0.15, 0.2) is 60.7 Å². The second-order valence-electron chi connectivity index (χ2n) is 5.95. The van der Waals surface area contributed by atoms with Crippen molar-refractivity contribution in [1.82, 2.24) is 4.98 Å². The number of esters is 1. The third-order valence-electron chi connectivity index (χ3n) is 4.17. The molecular weight excluding hydrogens is 437 g/mol. The van der Waals surface area contributed by atoms with Crippen LogP contribution in [0.3, 0.4) is 0 Å². The zero-order valence-electron chi connectivity index (χ0n) is 14.3. The van der Waals surface area contributed by atoms with Crippen LogP contribution in [0.2, 0.25) is 14.4 Å². The van der Waals surface area contributed by atoms with Crippen molar-refractivity contribution in [3.05, 3.63) is 86.2 Å². The monoisotopic (exact) mass is 447 g/mol. The Hall–Kier alpha value is -2.11. The molecule has 2 aromatic heterocycles. The van der Waals surface area contributed by atoms with E-state index in [0.717, 1.165) is 4.88 Å². The Balaban J connectivity index is 1.71. The molecule has 2 aromatic carbocycles. The van der Waals surface area contributed by atoms with Gasteiger partial charge in [-0.1, -0.05) is 59.1 Å². The number of nitrogens with zero attached hydrogens (tertiary/aromatic N) is 1. The molecule has 0 radical (unpaired) electrons. The Kier molecular flexibility index (Phi) is 5.56. The van der Waals surface area contributed by atoms with Crippen molar-refractivity contribution in [3.8, 4) is 10.6 Å². The first-order valence-electron chi connectivity index (χ1n) is 8.28. The zero-order chi connectivity index (χ0) is 19.7. The van der Waals surface area contributed by atoms with Crippen LogP contribution in [0.1, 0.15) is 15.9 Å². The Bertz CT molecular complexity index is 1170. The first-order valence-corrected chi connectivity index (χ1v) is 10.2. The Morgan fingerprint density at radius 1 is 0.964 bits per heavy atom.